The number of rotatable bonds is 3. The Kier molecular flexibility index (Phi) is 4.95. The minimum atomic E-state index is 0.0360. The molecule has 1 aliphatic heterocycles. The Labute approximate surface area is 104 Å². The largest absolute Gasteiger partial charge is 0.381 e. The zero-order chi connectivity index (χ0) is 13.1. The van der Waals surface area contributed by atoms with Gasteiger partial charge in [-0.1, -0.05) is 20.8 Å². The Bertz CT molecular complexity index is 261. The van der Waals surface area contributed by atoms with E-state index in [0.717, 1.165) is 19.4 Å². The Balaban J connectivity index is 2.60. The van der Waals surface area contributed by atoms with Crippen molar-refractivity contribution in [1.29, 1.82) is 0 Å². The molecule has 2 atom stereocenters. The van der Waals surface area contributed by atoms with E-state index in [4.69, 9.17) is 10.5 Å². The molecule has 2 unspecified atom stereocenters. The van der Waals surface area contributed by atoms with Gasteiger partial charge < -0.3 is 15.4 Å². The average molecular weight is 242 g/mol. The smallest absolute Gasteiger partial charge is 0.223 e. The van der Waals surface area contributed by atoms with E-state index in [0.29, 0.717) is 13.0 Å². The Morgan fingerprint density at radius 3 is 2.59 bits per heavy atom. The lowest BCUT2D eigenvalue weighted by molar-refractivity contribution is -0.138. The number of nitrogens with zero attached hydrogens (tertiary/aromatic N) is 1. The topological polar surface area (TPSA) is 55.6 Å². The SMILES string of the molecule is COC1CCN(C(=O)CC(C)(C)C)C(CN)C1. The summed E-state index contributed by atoms with van der Waals surface area (Å²) in [6, 6.07) is 0.142. The predicted molar refractivity (Wildman–Crippen MR) is 68.7 cm³/mol. The van der Waals surface area contributed by atoms with Crippen LogP contribution in [0.5, 0.6) is 0 Å². The van der Waals surface area contributed by atoms with Crippen LogP contribution < -0.4 is 5.73 Å². The van der Waals surface area contributed by atoms with Crippen molar-refractivity contribution in [2.45, 2.75) is 52.2 Å². The summed E-state index contributed by atoms with van der Waals surface area (Å²) in [5, 5.41) is 0. The van der Waals surface area contributed by atoms with Gasteiger partial charge in [0, 0.05) is 32.7 Å². The van der Waals surface area contributed by atoms with Gasteiger partial charge in [0.25, 0.3) is 0 Å². The zero-order valence-corrected chi connectivity index (χ0v) is 11.5. The first-order valence-electron chi connectivity index (χ1n) is 6.39. The summed E-state index contributed by atoms with van der Waals surface area (Å²) in [6.07, 6.45) is 2.62. The number of hydrogen-bond donors (Lipinski definition) is 1. The molecule has 0 aromatic rings. The molecule has 4 heteroatoms. The monoisotopic (exact) mass is 242 g/mol. The molecule has 1 saturated heterocycles. The molecule has 0 spiro atoms. The van der Waals surface area contributed by atoms with Crippen LogP contribution in [0.1, 0.15) is 40.0 Å². The molecule has 0 bridgehead atoms. The molecule has 100 valence electrons. The van der Waals surface area contributed by atoms with E-state index in [1.165, 1.54) is 0 Å². The zero-order valence-electron chi connectivity index (χ0n) is 11.5. The molecule has 1 heterocycles. The van der Waals surface area contributed by atoms with Gasteiger partial charge in [-0.15, -0.1) is 0 Å². The van der Waals surface area contributed by atoms with Gasteiger partial charge in [0.2, 0.25) is 5.91 Å². The molecule has 1 fully saturated rings. The van der Waals surface area contributed by atoms with Crippen LogP contribution >= 0.6 is 0 Å². The maximum atomic E-state index is 12.2. The standard InChI is InChI=1S/C13H26N2O2/c1-13(2,3)8-12(16)15-6-5-11(17-4)7-10(15)9-14/h10-11H,5-9,14H2,1-4H3. The average Bonchev–Trinajstić information content (AvgIpc) is 2.25. The highest BCUT2D eigenvalue weighted by Gasteiger charge is 2.32. The lowest BCUT2D eigenvalue weighted by Crippen LogP contribution is -2.51. The van der Waals surface area contributed by atoms with Crippen LogP contribution in [0.25, 0.3) is 0 Å². The van der Waals surface area contributed by atoms with Gasteiger partial charge in [0.1, 0.15) is 0 Å². The summed E-state index contributed by atoms with van der Waals surface area (Å²) < 4.78 is 5.36. The van der Waals surface area contributed by atoms with Crippen LogP contribution in [0, 0.1) is 5.41 Å². The lowest BCUT2D eigenvalue weighted by atomic mass is 9.90. The normalized spacial score (nSPS) is 26.1. The summed E-state index contributed by atoms with van der Waals surface area (Å²) in [5.74, 6) is 0.225. The third-order valence-electron chi connectivity index (χ3n) is 3.28. The number of ether oxygens (including phenoxy) is 1. The van der Waals surface area contributed by atoms with E-state index in [2.05, 4.69) is 20.8 Å². The number of piperidine rings is 1. The van der Waals surface area contributed by atoms with Crippen LogP contribution in [-0.2, 0) is 9.53 Å². The number of carbonyl (C=O) groups is 1. The first-order chi connectivity index (χ1) is 7.87. The van der Waals surface area contributed by atoms with E-state index < -0.39 is 0 Å². The molecule has 0 radical (unpaired) electrons. The van der Waals surface area contributed by atoms with Crippen LogP contribution in [-0.4, -0.2) is 43.2 Å². The van der Waals surface area contributed by atoms with Crippen molar-refractivity contribution in [1.82, 2.24) is 4.90 Å². The van der Waals surface area contributed by atoms with Crippen molar-refractivity contribution in [3.05, 3.63) is 0 Å². The molecule has 0 aromatic carbocycles. The molecule has 0 aromatic heterocycles. The van der Waals surface area contributed by atoms with Crippen LogP contribution in [0.3, 0.4) is 0 Å². The molecular formula is C13H26N2O2. The minimum absolute atomic E-state index is 0.0360. The maximum absolute atomic E-state index is 12.2. The second kappa shape index (κ2) is 5.83. The van der Waals surface area contributed by atoms with Gasteiger partial charge in [0.05, 0.1) is 6.10 Å². The van der Waals surface area contributed by atoms with Crippen LogP contribution in [0.2, 0.25) is 0 Å². The van der Waals surface area contributed by atoms with Crippen molar-refractivity contribution in [2.75, 3.05) is 20.2 Å². The van der Waals surface area contributed by atoms with Crippen LogP contribution in [0.4, 0.5) is 0 Å². The van der Waals surface area contributed by atoms with E-state index in [1.54, 1.807) is 7.11 Å². The number of methoxy groups -OCH3 is 1. The summed E-state index contributed by atoms with van der Waals surface area (Å²) in [6.45, 7) is 7.56. The van der Waals surface area contributed by atoms with Crippen molar-refractivity contribution >= 4 is 5.91 Å². The fourth-order valence-electron chi connectivity index (χ4n) is 2.34. The van der Waals surface area contributed by atoms with Gasteiger partial charge in [-0.3, -0.25) is 4.79 Å². The molecule has 17 heavy (non-hydrogen) atoms. The number of amides is 1. The lowest BCUT2D eigenvalue weighted by Gasteiger charge is -2.39. The van der Waals surface area contributed by atoms with E-state index in [-0.39, 0.29) is 23.5 Å². The second-order valence-electron chi connectivity index (χ2n) is 6.10. The van der Waals surface area contributed by atoms with E-state index >= 15 is 0 Å². The van der Waals surface area contributed by atoms with Gasteiger partial charge in [-0.2, -0.15) is 0 Å². The van der Waals surface area contributed by atoms with Gasteiger partial charge in [-0.25, -0.2) is 0 Å². The minimum Gasteiger partial charge on any atom is -0.381 e. The van der Waals surface area contributed by atoms with E-state index in [9.17, 15) is 4.79 Å². The molecule has 2 N–H and O–H groups in total. The van der Waals surface area contributed by atoms with Crippen molar-refractivity contribution < 1.29 is 9.53 Å². The quantitative estimate of drug-likeness (QED) is 0.813. The first-order valence-corrected chi connectivity index (χ1v) is 6.39. The highest BCUT2D eigenvalue weighted by molar-refractivity contribution is 5.77. The number of carbonyl (C=O) groups excluding carboxylic acids is 1. The molecule has 1 aliphatic rings. The summed E-state index contributed by atoms with van der Waals surface area (Å²) >= 11 is 0. The van der Waals surface area contributed by atoms with E-state index in [1.807, 2.05) is 4.90 Å². The van der Waals surface area contributed by atoms with Gasteiger partial charge in [0.15, 0.2) is 0 Å². The molecule has 0 saturated carbocycles. The van der Waals surface area contributed by atoms with Crippen LogP contribution in [0.15, 0.2) is 0 Å². The number of likely N-dealkylation sites (tertiary alicyclic amines) is 1. The fourth-order valence-corrected chi connectivity index (χ4v) is 2.34. The first kappa shape index (κ1) is 14.5. The highest BCUT2D eigenvalue weighted by Crippen LogP contribution is 2.24. The molecule has 1 amide bonds. The fraction of sp³-hybridized carbons (Fsp3) is 0.923. The molecule has 0 aliphatic carbocycles. The van der Waals surface area contributed by atoms with Gasteiger partial charge >= 0.3 is 0 Å². The number of nitrogens with two attached hydrogens (primary N) is 1. The maximum Gasteiger partial charge on any atom is 0.223 e. The predicted octanol–water partition coefficient (Wildman–Crippen LogP) is 1.39. The third-order valence-corrected chi connectivity index (χ3v) is 3.28. The van der Waals surface area contributed by atoms with Gasteiger partial charge in [-0.05, 0) is 18.3 Å². The highest BCUT2D eigenvalue weighted by atomic mass is 16.5. The molecule has 4 nitrogen and oxygen atoms in total. The molecule has 1 rings (SSSR count). The van der Waals surface area contributed by atoms with Crippen molar-refractivity contribution in [2.24, 2.45) is 11.1 Å². The molecular weight excluding hydrogens is 216 g/mol. The van der Waals surface area contributed by atoms with Crippen molar-refractivity contribution in [3.8, 4) is 0 Å². The Hall–Kier alpha value is -0.610. The third kappa shape index (κ3) is 4.28. The summed E-state index contributed by atoms with van der Waals surface area (Å²) in [5.41, 5.74) is 5.80. The Morgan fingerprint density at radius 2 is 2.12 bits per heavy atom. The Morgan fingerprint density at radius 1 is 1.47 bits per heavy atom. The second-order valence-corrected chi connectivity index (χ2v) is 6.10. The summed E-state index contributed by atoms with van der Waals surface area (Å²) in [4.78, 5) is 14.2. The summed E-state index contributed by atoms with van der Waals surface area (Å²) in [7, 11) is 1.73. The number of hydrogen-bond acceptors (Lipinski definition) is 3. The van der Waals surface area contributed by atoms with Crippen molar-refractivity contribution in [3.63, 3.8) is 0 Å².